The first-order chi connectivity index (χ1) is 39.1. The first-order valence-electron chi connectivity index (χ1n) is 27.0. The number of nitrogens with zero attached hydrogens (tertiary/aromatic N) is 2. The van der Waals surface area contributed by atoms with Gasteiger partial charge in [-0.25, -0.2) is 0 Å². The minimum absolute atomic E-state index is 1.10. The Hall–Kier alpha value is -9.58. The van der Waals surface area contributed by atoms with Crippen LogP contribution in [0.5, 0.6) is 0 Å². The van der Waals surface area contributed by atoms with Gasteiger partial charge in [-0.1, -0.05) is 170 Å². The first kappa shape index (κ1) is 45.6. The smallest absolute Gasteiger partial charge is 0.0541 e. The molecule has 16 rings (SSSR count). The molecule has 0 spiro atoms. The molecule has 4 heteroatoms. The van der Waals surface area contributed by atoms with Crippen LogP contribution in [0.3, 0.4) is 0 Å². The number of para-hydroxylation sites is 1. The molecule has 79 heavy (non-hydrogen) atoms. The van der Waals surface area contributed by atoms with E-state index in [1.165, 1.54) is 129 Å². The van der Waals surface area contributed by atoms with E-state index in [0.29, 0.717) is 0 Å². The summed E-state index contributed by atoms with van der Waals surface area (Å²) in [6.07, 6.45) is 0. The Morgan fingerprint density at radius 3 is 1.39 bits per heavy atom. The average molecular weight is 1040 g/mol. The SMILES string of the molecule is Cc1csc2ccc(-c3ccc(-c4ccc5c(c4)c4cc(-c6ccc(N(c7ccccc7)c7ccc(-c8cccc9sc%10ccccc%10c89)cc7)cc6)ccc4n5-c4ccc5c6ccccc6c6ccccc6c5c4)cc3)cc12. The number of hydrogen-bond acceptors (Lipinski definition) is 3. The number of rotatable bonds is 8. The van der Waals surface area contributed by atoms with Crippen molar-refractivity contribution in [2.24, 2.45) is 0 Å². The first-order valence-corrected chi connectivity index (χ1v) is 28.7. The minimum atomic E-state index is 1.10. The van der Waals surface area contributed by atoms with Crippen LogP contribution in [0.25, 0.3) is 135 Å². The lowest BCUT2D eigenvalue weighted by Gasteiger charge is -2.26. The van der Waals surface area contributed by atoms with E-state index >= 15 is 0 Å². The van der Waals surface area contributed by atoms with Crippen molar-refractivity contribution in [2.45, 2.75) is 6.92 Å². The highest BCUT2D eigenvalue weighted by molar-refractivity contribution is 7.26. The molecule has 0 unspecified atom stereocenters. The summed E-state index contributed by atoms with van der Waals surface area (Å²) in [5, 5.41) is 16.3. The van der Waals surface area contributed by atoms with E-state index < -0.39 is 0 Å². The molecule has 0 aliphatic heterocycles. The number of fused-ring (bicyclic) bond motifs is 13. The van der Waals surface area contributed by atoms with Crippen LogP contribution in [0.4, 0.5) is 17.1 Å². The van der Waals surface area contributed by atoms with E-state index in [0.717, 1.165) is 28.3 Å². The van der Waals surface area contributed by atoms with Gasteiger partial charge >= 0.3 is 0 Å². The monoisotopic (exact) mass is 1040 g/mol. The van der Waals surface area contributed by atoms with Gasteiger partial charge in [-0.3, -0.25) is 0 Å². The highest BCUT2D eigenvalue weighted by Gasteiger charge is 2.19. The van der Waals surface area contributed by atoms with Gasteiger partial charge in [0.1, 0.15) is 0 Å². The fraction of sp³-hybridized carbons (Fsp3) is 0.0133. The quantitative estimate of drug-likeness (QED) is 0.138. The lowest BCUT2D eigenvalue weighted by atomic mass is 9.94. The normalized spacial score (nSPS) is 11.9. The molecule has 0 saturated heterocycles. The summed E-state index contributed by atoms with van der Waals surface area (Å²) in [5.74, 6) is 0. The molecule has 0 aliphatic rings. The van der Waals surface area contributed by atoms with Crippen molar-refractivity contribution in [2.75, 3.05) is 4.90 Å². The van der Waals surface area contributed by atoms with Crippen LogP contribution in [0.15, 0.2) is 272 Å². The van der Waals surface area contributed by atoms with Crippen molar-refractivity contribution in [1.82, 2.24) is 4.57 Å². The van der Waals surface area contributed by atoms with Crippen LogP contribution >= 0.6 is 22.7 Å². The molecule has 0 aliphatic carbocycles. The van der Waals surface area contributed by atoms with Crippen LogP contribution < -0.4 is 4.90 Å². The Morgan fingerprint density at radius 1 is 0.304 bits per heavy atom. The number of hydrogen-bond donors (Lipinski definition) is 0. The van der Waals surface area contributed by atoms with Crippen molar-refractivity contribution in [1.29, 1.82) is 0 Å². The highest BCUT2D eigenvalue weighted by Crippen LogP contribution is 2.44. The fourth-order valence-corrected chi connectivity index (χ4v) is 14.6. The Morgan fingerprint density at radius 2 is 0.772 bits per heavy atom. The minimum Gasteiger partial charge on any atom is -0.311 e. The zero-order valence-electron chi connectivity index (χ0n) is 43.2. The van der Waals surface area contributed by atoms with E-state index in [1.807, 2.05) is 22.7 Å². The van der Waals surface area contributed by atoms with Gasteiger partial charge < -0.3 is 9.47 Å². The van der Waals surface area contributed by atoms with E-state index in [1.54, 1.807) is 0 Å². The molecule has 0 N–H and O–H groups in total. The molecular weight excluding hydrogens is 993 g/mol. The van der Waals surface area contributed by atoms with Gasteiger partial charge in [0, 0.05) is 58.4 Å². The predicted molar refractivity (Wildman–Crippen MR) is 343 cm³/mol. The second-order valence-corrected chi connectivity index (χ2v) is 22.9. The molecule has 0 atom stereocenters. The van der Waals surface area contributed by atoms with Gasteiger partial charge in [0.2, 0.25) is 0 Å². The number of anilines is 3. The van der Waals surface area contributed by atoms with E-state index in [4.69, 9.17) is 0 Å². The largest absolute Gasteiger partial charge is 0.311 e. The van der Waals surface area contributed by atoms with Gasteiger partial charge in [0.15, 0.2) is 0 Å². The molecule has 16 aromatic rings. The standard InChI is InChI=1S/C75H48N2S2/c1-47-46-78-72-41-32-54(42-66(47)72)49-24-22-48(23-25-49)52-30-39-70-68(43-52)69-44-53(31-40-71(69)77(70)58-37-38-64-62-16-6-5-14-60(62)61-15-7-8-17-63(61)67(64)45-58)50-26-33-56(34-27-50)76(55-12-3-2-4-13-55)57-35-28-51(29-36-57)59-19-11-21-74-75(59)65-18-9-10-20-73(65)79-74/h2-46H,1H3. The maximum atomic E-state index is 2.47. The number of aromatic nitrogens is 1. The molecule has 0 saturated carbocycles. The molecule has 370 valence electrons. The summed E-state index contributed by atoms with van der Waals surface area (Å²) < 4.78 is 6.44. The Labute approximate surface area is 465 Å². The second-order valence-electron chi connectivity index (χ2n) is 20.9. The number of aryl methyl sites for hydroxylation is 1. The van der Waals surface area contributed by atoms with Crippen LogP contribution in [-0.4, -0.2) is 4.57 Å². The lowest BCUT2D eigenvalue weighted by molar-refractivity contribution is 1.19. The van der Waals surface area contributed by atoms with E-state index in [9.17, 15) is 0 Å². The van der Waals surface area contributed by atoms with Crippen LogP contribution in [0.2, 0.25) is 0 Å². The molecule has 0 radical (unpaired) electrons. The van der Waals surface area contributed by atoms with Gasteiger partial charge in [-0.05, 0) is 197 Å². The summed E-state index contributed by atoms with van der Waals surface area (Å²) in [6.45, 7) is 2.21. The van der Waals surface area contributed by atoms with Gasteiger partial charge in [-0.2, -0.15) is 0 Å². The fourth-order valence-electron chi connectivity index (χ4n) is 12.5. The Bertz CT molecular complexity index is 5030. The van der Waals surface area contributed by atoms with Crippen LogP contribution in [0.1, 0.15) is 5.56 Å². The van der Waals surface area contributed by atoms with Crippen molar-refractivity contribution < 1.29 is 0 Å². The molecule has 0 amide bonds. The van der Waals surface area contributed by atoms with Crippen molar-refractivity contribution in [3.8, 4) is 50.2 Å². The second kappa shape index (κ2) is 18.3. The highest BCUT2D eigenvalue weighted by atomic mass is 32.1. The maximum Gasteiger partial charge on any atom is 0.0541 e. The third-order valence-electron chi connectivity index (χ3n) is 16.4. The van der Waals surface area contributed by atoms with E-state index in [2.05, 4.69) is 289 Å². The topological polar surface area (TPSA) is 8.17 Å². The molecule has 3 heterocycles. The van der Waals surface area contributed by atoms with E-state index in [-0.39, 0.29) is 0 Å². The molecule has 3 aromatic heterocycles. The predicted octanol–water partition coefficient (Wildman–Crippen LogP) is 22.3. The maximum absolute atomic E-state index is 2.47. The third kappa shape index (κ3) is 7.51. The van der Waals surface area contributed by atoms with Gasteiger partial charge in [0.05, 0.1) is 11.0 Å². The lowest BCUT2D eigenvalue weighted by Crippen LogP contribution is -2.09. The Kier molecular flexibility index (Phi) is 10.6. The van der Waals surface area contributed by atoms with Gasteiger partial charge in [-0.15, -0.1) is 22.7 Å². The molecule has 13 aromatic carbocycles. The number of thiophene rings is 2. The summed E-state index contributed by atoms with van der Waals surface area (Å²) in [5.41, 5.74) is 17.8. The Balaban J connectivity index is 0.805. The third-order valence-corrected chi connectivity index (χ3v) is 18.6. The molecular formula is C75H48N2S2. The molecule has 0 bridgehead atoms. The summed E-state index contributed by atoms with van der Waals surface area (Å²) in [6, 6.07) is 99.2. The molecule has 2 nitrogen and oxygen atoms in total. The molecule has 0 fully saturated rings. The van der Waals surface area contributed by atoms with Crippen LogP contribution in [-0.2, 0) is 0 Å². The van der Waals surface area contributed by atoms with Crippen LogP contribution in [0, 0.1) is 6.92 Å². The zero-order chi connectivity index (χ0) is 52.1. The zero-order valence-corrected chi connectivity index (χ0v) is 44.8. The van der Waals surface area contributed by atoms with Crippen molar-refractivity contribution in [3.63, 3.8) is 0 Å². The van der Waals surface area contributed by atoms with Crippen molar-refractivity contribution >= 4 is 124 Å². The summed E-state index contributed by atoms with van der Waals surface area (Å²) in [4.78, 5) is 2.36. The average Bonchev–Trinajstić information content (AvgIpc) is 4.32. The van der Waals surface area contributed by atoms with Crippen molar-refractivity contribution in [3.05, 3.63) is 278 Å². The summed E-state index contributed by atoms with van der Waals surface area (Å²) >= 11 is 3.68. The summed E-state index contributed by atoms with van der Waals surface area (Å²) in [7, 11) is 0. The number of benzene rings is 13. The van der Waals surface area contributed by atoms with Gasteiger partial charge in [0.25, 0.3) is 0 Å².